The molecule has 1 aliphatic heterocycles. The van der Waals surface area contributed by atoms with Gasteiger partial charge in [0.1, 0.15) is 18.0 Å². The van der Waals surface area contributed by atoms with E-state index in [0.29, 0.717) is 11.1 Å². The largest absolute Gasteiger partial charge is 0.480 e. The molecule has 8 heteroatoms. The van der Waals surface area contributed by atoms with E-state index in [0.717, 1.165) is 5.56 Å². The maximum atomic E-state index is 12.7. The van der Waals surface area contributed by atoms with Gasteiger partial charge in [0.25, 0.3) is 0 Å². The molecule has 0 radical (unpaired) electrons. The summed E-state index contributed by atoms with van der Waals surface area (Å²) in [6, 6.07) is 14.7. The molecule has 0 saturated carbocycles. The predicted molar refractivity (Wildman–Crippen MR) is 103 cm³/mol. The lowest BCUT2D eigenvalue weighted by atomic mass is 10.1. The fourth-order valence-corrected chi connectivity index (χ4v) is 4.28. The van der Waals surface area contributed by atoms with Crippen molar-refractivity contribution in [2.24, 2.45) is 0 Å². The second-order valence-corrected chi connectivity index (χ2v) is 7.21. The van der Waals surface area contributed by atoms with Gasteiger partial charge in [-0.05, 0) is 23.3 Å². The quantitative estimate of drug-likeness (QED) is 0.768. The molecule has 0 bridgehead atoms. The summed E-state index contributed by atoms with van der Waals surface area (Å²) < 4.78 is 10.0. The van der Waals surface area contributed by atoms with E-state index in [1.807, 2.05) is 30.3 Å². The SMILES string of the molecule is COC(=O)c1ccc([C@H]2SCC(C(=O)O)N2C(=O)OCc2ccccc2)cc1. The number of nitrogens with zero attached hydrogens (tertiary/aromatic N) is 1. The average molecular weight is 401 g/mol. The summed E-state index contributed by atoms with van der Waals surface area (Å²) in [4.78, 5) is 37.1. The number of hydrogen-bond donors (Lipinski definition) is 1. The Morgan fingerprint density at radius 2 is 1.79 bits per heavy atom. The van der Waals surface area contributed by atoms with Gasteiger partial charge in [-0.25, -0.2) is 14.4 Å². The van der Waals surface area contributed by atoms with Crippen molar-refractivity contribution in [1.29, 1.82) is 0 Å². The number of amides is 1. The molecule has 2 atom stereocenters. The number of ether oxygens (including phenoxy) is 2. The van der Waals surface area contributed by atoms with Crippen LogP contribution in [-0.2, 0) is 20.9 Å². The molecule has 3 rings (SSSR count). The second kappa shape index (κ2) is 8.79. The third-order valence-corrected chi connectivity index (χ3v) is 5.64. The van der Waals surface area contributed by atoms with Crippen molar-refractivity contribution in [1.82, 2.24) is 4.90 Å². The Labute approximate surface area is 166 Å². The normalized spacial score (nSPS) is 18.5. The Morgan fingerprint density at radius 1 is 1.11 bits per heavy atom. The van der Waals surface area contributed by atoms with Gasteiger partial charge < -0.3 is 14.6 Å². The number of carboxylic acids is 1. The predicted octanol–water partition coefficient (Wildman–Crippen LogP) is 3.31. The highest BCUT2D eigenvalue weighted by Gasteiger charge is 2.43. The standard InChI is InChI=1S/C20H19NO6S/c1-26-19(24)15-9-7-14(8-10-15)17-21(16(12-28-17)18(22)23)20(25)27-11-13-5-3-2-4-6-13/h2-10,16-17H,11-12H2,1H3,(H,22,23)/t16?,17-/m1/s1. The van der Waals surface area contributed by atoms with Crippen LogP contribution in [0.25, 0.3) is 0 Å². The summed E-state index contributed by atoms with van der Waals surface area (Å²) in [6.45, 7) is 0.0567. The minimum Gasteiger partial charge on any atom is -0.480 e. The highest BCUT2D eigenvalue weighted by molar-refractivity contribution is 7.99. The molecule has 1 amide bonds. The van der Waals surface area contributed by atoms with E-state index in [9.17, 15) is 19.5 Å². The molecule has 1 saturated heterocycles. The summed E-state index contributed by atoms with van der Waals surface area (Å²) in [5, 5.41) is 8.99. The second-order valence-electron chi connectivity index (χ2n) is 6.10. The molecule has 28 heavy (non-hydrogen) atoms. The zero-order valence-electron chi connectivity index (χ0n) is 15.1. The smallest absolute Gasteiger partial charge is 0.412 e. The van der Waals surface area contributed by atoms with Gasteiger partial charge in [-0.1, -0.05) is 42.5 Å². The monoisotopic (exact) mass is 401 g/mol. The van der Waals surface area contributed by atoms with Crippen LogP contribution in [0.2, 0.25) is 0 Å². The van der Waals surface area contributed by atoms with Crippen LogP contribution in [0, 0.1) is 0 Å². The van der Waals surface area contributed by atoms with Crippen molar-refractivity contribution in [3.8, 4) is 0 Å². The zero-order valence-corrected chi connectivity index (χ0v) is 15.9. The lowest BCUT2D eigenvalue weighted by molar-refractivity contribution is -0.141. The van der Waals surface area contributed by atoms with Gasteiger partial charge in [-0.3, -0.25) is 4.90 Å². The number of methoxy groups -OCH3 is 1. The Kier molecular flexibility index (Phi) is 6.20. The number of esters is 1. The van der Waals surface area contributed by atoms with Crippen molar-refractivity contribution in [3.63, 3.8) is 0 Å². The van der Waals surface area contributed by atoms with E-state index in [-0.39, 0.29) is 12.4 Å². The molecule has 2 aromatic carbocycles. The van der Waals surface area contributed by atoms with Crippen molar-refractivity contribution < 1.29 is 29.0 Å². The maximum Gasteiger partial charge on any atom is 0.412 e. The highest BCUT2D eigenvalue weighted by atomic mass is 32.2. The maximum absolute atomic E-state index is 12.7. The molecular weight excluding hydrogens is 382 g/mol. The van der Waals surface area contributed by atoms with Crippen LogP contribution in [0.5, 0.6) is 0 Å². The van der Waals surface area contributed by atoms with Crippen LogP contribution in [-0.4, -0.2) is 46.9 Å². The number of hydrogen-bond acceptors (Lipinski definition) is 6. The van der Waals surface area contributed by atoms with Gasteiger partial charge in [0.15, 0.2) is 0 Å². The first-order valence-corrected chi connectivity index (χ1v) is 9.58. The van der Waals surface area contributed by atoms with E-state index >= 15 is 0 Å². The Morgan fingerprint density at radius 3 is 2.39 bits per heavy atom. The van der Waals surface area contributed by atoms with Gasteiger partial charge in [0.2, 0.25) is 0 Å². The lowest BCUT2D eigenvalue weighted by Gasteiger charge is -2.27. The van der Waals surface area contributed by atoms with Crippen molar-refractivity contribution in [2.45, 2.75) is 18.0 Å². The first-order chi connectivity index (χ1) is 13.5. The van der Waals surface area contributed by atoms with E-state index in [1.54, 1.807) is 24.3 Å². The minimum atomic E-state index is -1.09. The number of carboxylic acid groups (broad SMARTS) is 1. The zero-order chi connectivity index (χ0) is 20.1. The highest BCUT2D eigenvalue weighted by Crippen LogP contribution is 2.42. The van der Waals surface area contributed by atoms with E-state index in [1.165, 1.54) is 23.8 Å². The van der Waals surface area contributed by atoms with E-state index in [2.05, 4.69) is 4.74 Å². The van der Waals surface area contributed by atoms with Crippen molar-refractivity contribution >= 4 is 29.8 Å². The molecule has 1 N–H and O–H groups in total. The van der Waals surface area contributed by atoms with Crippen LogP contribution in [0.4, 0.5) is 4.79 Å². The number of thioether (sulfide) groups is 1. The molecule has 1 heterocycles. The molecule has 2 aromatic rings. The molecule has 0 aromatic heterocycles. The first kappa shape index (κ1) is 19.8. The van der Waals surface area contributed by atoms with Crippen LogP contribution in [0.3, 0.4) is 0 Å². The molecule has 0 aliphatic carbocycles. The Balaban J connectivity index is 1.78. The molecule has 0 spiro atoms. The molecule has 1 aliphatic rings. The minimum absolute atomic E-state index is 0.0567. The van der Waals surface area contributed by atoms with Crippen LogP contribution >= 0.6 is 11.8 Å². The van der Waals surface area contributed by atoms with E-state index < -0.39 is 29.4 Å². The summed E-state index contributed by atoms with van der Waals surface area (Å²) in [7, 11) is 1.30. The number of benzene rings is 2. The number of carbonyl (C=O) groups is 3. The van der Waals surface area contributed by atoms with E-state index in [4.69, 9.17) is 4.74 Å². The summed E-state index contributed by atoms with van der Waals surface area (Å²) >= 11 is 1.34. The molecule has 146 valence electrons. The van der Waals surface area contributed by atoms with Crippen LogP contribution in [0.1, 0.15) is 26.9 Å². The molecular formula is C20H19NO6S. The van der Waals surface area contributed by atoms with Gasteiger partial charge >= 0.3 is 18.0 Å². The van der Waals surface area contributed by atoms with Crippen LogP contribution in [0.15, 0.2) is 54.6 Å². The number of rotatable bonds is 5. The summed E-state index contributed by atoms with van der Waals surface area (Å²) in [5.41, 5.74) is 1.90. The van der Waals surface area contributed by atoms with Crippen molar-refractivity contribution in [3.05, 3.63) is 71.3 Å². The van der Waals surface area contributed by atoms with Crippen LogP contribution < -0.4 is 0 Å². The third-order valence-electron chi connectivity index (χ3n) is 4.32. The Bertz CT molecular complexity index is 855. The summed E-state index contributed by atoms with van der Waals surface area (Å²) in [6.07, 6.45) is -0.691. The first-order valence-electron chi connectivity index (χ1n) is 8.53. The summed E-state index contributed by atoms with van der Waals surface area (Å²) in [5.74, 6) is -1.30. The van der Waals surface area contributed by atoms with Gasteiger partial charge in [-0.2, -0.15) is 0 Å². The van der Waals surface area contributed by atoms with Crippen molar-refractivity contribution in [2.75, 3.05) is 12.9 Å². The fraction of sp³-hybridized carbons (Fsp3) is 0.250. The van der Waals surface area contributed by atoms with Gasteiger partial charge in [0, 0.05) is 5.75 Å². The lowest BCUT2D eigenvalue weighted by Crippen LogP contribution is -2.43. The molecule has 7 nitrogen and oxygen atoms in total. The van der Waals surface area contributed by atoms with Gasteiger partial charge in [-0.15, -0.1) is 11.8 Å². The molecule has 1 fully saturated rings. The molecule has 1 unspecified atom stereocenters. The fourth-order valence-electron chi connectivity index (χ4n) is 2.87. The topological polar surface area (TPSA) is 93.1 Å². The van der Waals surface area contributed by atoms with Gasteiger partial charge in [0.05, 0.1) is 12.7 Å². The third kappa shape index (κ3) is 4.28. The number of carbonyl (C=O) groups excluding carboxylic acids is 2. The Hall–Kier alpha value is -3.00. The number of aliphatic carboxylic acids is 1. The average Bonchev–Trinajstić information content (AvgIpc) is 3.18.